The highest BCUT2D eigenvalue weighted by molar-refractivity contribution is 5.32. The van der Waals surface area contributed by atoms with E-state index in [4.69, 9.17) is 9.47 Å². The molecule has 1 aromatic heterocycles. The lowest BCUT2D eigenvalue weighted by atomic mass is 9.97. The summed E-state index contributed by atoms with van der Waals surface area (Å²) in [4.78, 5) is 8.17. The van der Waals surface area contributed by atoms with E-state index in [0.29, 0.717) is 18.4 Å². The van der Waals surface area contributed by atoms with Crippen molar-refractivity contribution in [1.29, 1.82) is 0 Å². The van der Waals surface area contributed by atoms with Crippen molar-refractivity contribution in [2.45, 2.75) is 26.2 Å². The molecule has 1 unspecified atom stereocenters. The van der Waals surface area contributed by atoms with E-state index in [1.54, 1.807) is 7.11 Å². The van der Waals surface area contributed by atoms with Crippen LogP contribution in [0.2, 0.25) is 0 Å². The quantitative estimate of drug-likeness (QED) is 0.860. The molecule has 1 atom stereocenters. The average molecular weight is 251 g/mol. The van der Waals surface area contributed by atoms with Crippen molar-refractivity contribution in [3.05, 3.63) is 11.9 Å². The molecular formula is C13H21N3O2. The van der Waals surface area contributed by atoms with E-state index in [2.05, 4.69) is 15.3 Å². The molecular weight excluding hydrogens is 230 g/mol. The molecule has 0 amide bonds. The first-order valence-electron chi connectivity index (χ1n) is 6.50. The molecule has 5 heteroatoms. The maximum Gasteiger partial charge on any atom is 0.223 e. The molecule has 1 aliphatic heterocycles. The van der Waals surface area contributed by atoms with Crippen LogP contribution in [0.15, 0.2) is 6.33 Å². The van der Waals surface area contributed by atoms with Crippen LogP contribution in [0.3, 0.4) is 0 Å². The molecule has 0 aliphatic carbocycles. The topological polar surface area (TPSA) is 56.3 Å². The predicted molar refractivity (Wildman–Crippen MR) is 69.0 cm³/mol. The fourth-order valence-corrected chi connectivity index (χ4v) is 2.26. The van der Waals surface area contributed by atoms with Gasteiger partial charge in [0, 0.05) is 0 Å². The molecule has 1 N–H and O–H groups in total. The Morgan fingerprint density at radius 1 is 1.39 bits per heavy atom. The molecule has 5 nitrogen and oxygen atoms in total. The highest BCUT2D eigenvalue weighted by Gasteiger charge is 2.14. The highest BCUT2D eigenvalue weighted by Crippen LogP contribution is 2.22. The Morgan fingerprint density at radius 2 is 2.22 bits per heavy atom. The molecule has 1 fully saturated rings. The van der Waals surface area contributed by atoms with Crippen LogP contribution < -0.4 is 14.8 Å². The number of methoxy groups -OCH3 is 1. The summed E-state index contributed by atoms with van der Waals surface area (Å²) in [5, 5.41) is 3.41. The van der Waals surface area contributed by atoms with Gasteiger partial charge in [0.05, 0.1) is 19.3 Å². The van der Waals surface area contributed by atoms with E-state index < -0.39 is 0 Å². The van der Waals surface area contributed by atoms with Crippen molar-refractivity contribution >= 4 is 0 Å². The third-order valence-electron chi connectivity index (χ3n) is 3.35. The minimum atomic E-state index is 0.583. The molecule has 2 rings (SSSR count). The molecule has 18 heavy (non-hydrogen) atoms. The van der Waals surface area contributed by atoms with Crippen molar-refractivity contribution in [2.24, 2.45) is 5.92 Å². The van der Waals surface area contributed by atoms with Crippen LogP contribution in [0, 0.1) is 12.8 Å². The maximum absolute atomic E-state index is 5.72. The second kappa shape index (κ2) is 6.54. The van der Waals surface area contributed by atoms with Crippen molar-refractivity contribution in [2.75, 3.05) is 26.8 Å². The molecule has 0 saturated carbocycles. The van der Waals surface area contributed by atoms with E-state index in [0.717, 1.165) is 31.0 Å². The molecule has 1 aliphatic rings. The smallest absolute Gasteiger partial charge is 0.223 e. The standard InChI is InChI=1S/C13H21N3O2/c1-10-12(17-2)15-9-16-13(10)18-7-5-11-4-3-6-14-8-11/h9,11,14H,3-8H2,1-2H3. The summed E-state index contributed by atoms with van der Waals surface area (Å²) < 4.78 is 10.9. The van der Waals surface area contributed by atoms with E-state index in [9.17, 15) is 0 Å². The second-order valence-corrected chi connectivity index (χ2v) is 4.66. The maximum atomic E-state index is 5.72. The van der Waals surface area contributed by atoms with Gasteiger partial charge in [-0.3, -0.25) is 0 Å². The fourth-order valence-electron chi connectivity index (χ4n) is 2.26. The lowest BCUT2D eigenvalue weighted by Crippen LogP contribution is -2.30. The summed E-state index contributed by atoms with van der Waals surface area (Å²) in [5.74, 6) is 1.94. The number of rotatable bonds is 5. The van der Waals surface area contributed by atoms with Crippen LogP contribution in [-0.2, 0) is 0 Å². The molecule has 0 aromatic carbocycles. The van der Waals surface area contributed by atoms with Gasteiger partial charge in [-0.05, 0) is 45.2 Å². The Bertz CT molecular complexity index is 378. The summed E-state index contributed by atoms with van der Waals surface area (Å²) in [7, 11) is 1.60. The minimum Gasteiger partial charge on any atom is -0.481 e. The average Bonchev–Trinajstić information content (AvgIpc) is 2.42. The van der Waals surface area contributed by atoms with Crippen LogP contribution in [0.25, 0.3) is 0 Å². The number of ether oxygens (including phenoxy) is 2. The van der Waals surface area contributed by atoms with Gasteiger partial charge < -0.3 is 14.8 Å². The van der Waals surface area contributed by atoms with Crippen LogP contribution in [0.4, 0.5) is 0 Å². The minimum absolute atomic E-state index is 0.583. The Kier molecular flexibility index (Phi) is 4.75. The predicted octanol–water partition coefficient (Wildman–Crippen LogP) is 1.56. The van der Waals surface area contributed by atoms with Gasteiger partial charge in [-0.1, -0.05) is 0 Å². The van der Waals surface area contributed by atoms with Gasteiger partial charge >= 0.3 is 0 Å². The zero-order valence-corrected chi connectivity index (χ0v) is 11.1. The number of piperidine rings is 1. The third kappa shape index (κ3) is 3.32. The summed E-state index contributed by atoms with van der Waals surface area (Å²) >= 11 is 0. The van der Waals surface area contributed by atoms with Gasteiger partial charge in [-0.25, -0.2) is 9.97 Å². The van der Waals surface area contributed by atoms with Gasteiger partial charge in [-0.15, -0.1) is 0 Å². The summed E-state index contributed by atoms with van der Waals surface area (Å²) in [6, 6.07) is 0. The summed E-state index contributed by atoms with van der Waals surface area (Å²) in [6.45, 7) is 4.87. The number of nitrogens with zero attached hydrogens (tertiary/aromatic N) is 2. The normalized spacial score (nSPS) is 19.6. The zero-order chi connectivity index (χ0) is 12.8. The van der Waals surface area contributed by atoms with Gasteiger partial charge in [0.15, 0.2) is 0 Å². The van der Waals surface area contributed by atoms with Crippen molar-refractivity contribution in [1.82, 2.24) is 15.3 Å². The first kappa shape index (κ1) is 13.1. The number of hydrogen-bond acceptors (Lipinski definition) is 5. The molecule has 1 saturated heterocycles. The van der Waals surface area contributed by atoms with E-state index in [-0.39, 0.29) is 0 Å². The molecule has 100 valence electrons. The first-order chi connectivity index (χ1) is 8.81. The Labute approximate surface area is 108 Å². The Hall–Kier alpha value is -1.36. The summed E-state index contributed by atoms with van der Waals surface area (Å²) in [6.07, 6.45) is 5.11. The van der Waals surface area contributed by atoms with Crippen molar-refractivity contribution in [3.8, 4) is 11.8 Å². The van der Waals surface area contributed by atoms with Crippen molar-refractivity contribution in [3.63, 3.8) is 0 Å². The highest BCUT2D eigenvalue weighted by atomic mass is 16.5. The lowest BCUT2D eigenvalue weighted by Gasteiger charge is -2.22. The molecule has 1 aromatic rings. The fraction of sp³-hybridized carbons (Fsp3) is 0.692. The van der Waals surface area contributed by atoms with Crippen LogP contribution in [0.5, 0.6) is 11.8 Å². The van der Waals surface area contributed by atoms with Crippen molar-refractivity contribution < 1.29 is 9.47 Å². The van der Waals surface area contributed by atoms with Gasteiger partial charge in [-0.2, -0.15) is 0 Å². The lowest BCUT2D eigenvalue weighted by molar-refractivity contribution is 0.244. The Balaban J connectivity index is 1.82. The number of hydrogen-bond donors (Lipinski definition) is 1. The molecule has 0 bridgehead atoms. The molecule has 2 heterocycles. The zero-order valence-electron chi connectivity index (χ0n) is 11.1. The van der Waals surface area contributed by atoms with Crippen LogP contribution in [0.1, 0.15) is 24.8 Å². The number of nitrogens with one attached hydrogen (secondary N) is 1. The van der Waals surface area contributed by atoms with E-state index >= 15 is 0 Å². The van der Waals surface area contributed by atoms with Gasteiger partial charge in [0.25, 0.3) is 0 Å². The molecule has 0 radical (unpaired) electrons. The first-order valence-corrected chi connectivity index (χ1v) is 6.50. The largest absolute Gasteiger partial charge is 0.481 e. The molecule has 0 spiro atoms. The van der Waals surface area contributed by atoms with E-state index in [1.807, 2.05) is 6.92 Å². The number of aromatic nitrogens is 2. The Morgan fingerprint density at radius 3 is 2.94 bits per heavy atom. The van der Waals surface area contributed by atoms with E-state index in [1.165, 1.54) is 19.2 Å². The van der Waals surface area contributed by atoms with Gasteiger partial charge in [0.1, 0.15) is 6.33 Å². The SMILES string of the molecule is COc1ncnc(OCCC2CCCNC2)c1C. The van der Waals surface area contributed by atoms with Gasteiger partial charge in [0.2, 0.25) is 11.8 Å². The van der Waals surface area contributed by atoms with Crippen LogP contribution >= 0.6 is 0 Å². The second-order valence-electron chi connectivity index (χ2n) is 4.66. The third-order valence-corrected chi connectivity index (χ3v) is 3.35. The van der Waals surface area contributed by atoms with Crippen LogP contribution in [-0.4, -0.2) is 36.8 Å². The monoisotopic (exact) mass is 251 g/mol. The summed E-state index contributed by atoms with van der Waals surface area (Å²) in [5.41, 5.74) is 0.863.